The smallest absolute Gasteiger partial charge is 0.250 e. The number of amides is 2. The summed E-state index contributed by atoms with van der Waals surface area (Å²) in [5.74, 6) is -0.326. The van der Waals surface area contributed by atoms with Gasteiger partial charge < -0.3 is 10.2 Å². The van der Waals surface area contributed by atoms with E-state index in [-0.39, 0.29) is 18.4 Å². The Bertz CT molecular complexity index is 485. The summed E-state index contributed by atoms with van der Waals surface area (Å²) in [6.07, 6.45) is 0.551. The maximum Gasteiger partial charge on any atom is 0.250 e. The number of rotatable bonds is 2. The van der Waals surface area contributed by atoms with Crippen molar-refractivity contribution in [2.24, 2.45) is 0 Å². The Labute approximate surface area is 115 Å². The van der Waals surface area contributed by atoms with E-state index in [0.29, 0.717) is 22.2 Å². The first kappa shape index (κ1) is 13.2. The zero-order chi connectivity index (χ0) is 13.3. The Kier molecular flexibility index (Phi) is 3.78. The zero-order valence-corrected chi connectivity index (χ0v) is 11.3. The molecule has 1 unspecified atom stereocenters. The fourth-order valence-electron chi connectivity index (χ4n) is 1.90. The highest BCUT2D eigenvalue weighted by Crippen LogP contribution is 2.26. The lowest BCUT2D eigenvalue weighted by molar-refractivity contribution is -0.131. The zero-order valence-electron chi connectivity index (χ0n) is 9.74. The van der Waals surface area contributed by atoms with Crippen LogP contribution in [0.15, 0.2) is 18.2 Å². The van der Waals surface area contributed by atoms with Crippen LogP contribution in [0.2, 0.25) is 10.0 Å². The molecular formula is C12H12Cl2N2O2. The maximum absolute atomic E-state index is 12.2. The van der Waals surface area contributed by atoms with E-state index in [1.54, 1.807) is 18.2 Å². The third-order valence-electron chi connectivity index (χ3n) is 2.77. The molecule has 0 spiro atoms. The first-order valence-corrected chi connectivity index (χ1v) is 6.33. The SMILES string of the molecule is CCC1NC(=O)CN(c2cc(Cl)cc(Cl)c2)C1=O. The number of anilines is 1. The normalized spacial score (nSPS) is 19.9. The summed E-state index contributed by atoms with van der Waals surface area (Å²) in [5, 5.41) is 3.52. The van der Waals surface area contributed by atoms with Crippen LogP contribution in [-0.2, 0) is 9.59 Å². The van der Waals surface area contributed by atoms with Gasteiger partial charge in [0, 0.05) is 15.7 Å². The van der Waals surface area contributed by atoms with Crippen LogP contribution in [-0.4, -0.2) is 24.4 Å². The van der Waals surface area contributed by atoms with Gasteiger partial charge in [0.1, 0.15) is 12.6 Å². The van der Waals surface area contributed by atoms with Crippen molar-refractivity contribution in [3.63, 3.8) is 0 Å². The molecule has 96 valence electrons. The number of nitrogens with zero attached hydrogens (tertiary/aromatic N) is 1. The van der Waals surface area contributed by atoms with Gasteiger partial charge in [-0.25, -0.2) is 0 Å². The second-order valence-corrected chi connectivity index (χ2v) is 4.95. The molecule has 0 bridgehead atoms. The van der Waals surface area contributed by atoms with Crippen molar-refractivity contribution in [2.75, 3.05) is 11.4 Å². The number of nitrogens with one attached hydrogen (secondary N) is 1. The second kappa shape index (κ2) is 5.16. The molecular weight excluding hydrogens is 275 g/mol. The molecule has 2 rings (SSSR count). The van der Waals surface area contributed by atoms with Crippen molar-refractivity contribution in [3.8, 4) is 0 Å². The van der Waals surface area contributed by atoms with Crippen molar-refractivity contribution in [1.29, 1.82) is 0 Å². The van der Waals surface area contributed by atoms with Gasteiger partial charge in [-0.3, -0.25) is 9.59 Å². The van der Waals surface area contributed by atoms with E-state index in [2.05, 4.69) is 5.32 Å². The Balaban J connectivity index is 2.35. The summed E-state index contributed by atoms with van der Waals surface area (Å²) in [4.78, 5) is 25.1. The van der Waals surface area contributed by atoms with E-state index in [4.69, 9.17) is 23.2 Å². The molecule has 1 saturated heterocycles. The number of halogens is 2. The van der Waals surface area contributed by atoms with Crippen molar-refractivity contribution in [1.82, 2.24) is 5.32 Å². The molecule has 0 saturated carbocycles. The minimum Gasteiger partial charge on any atom is -0.343 e. The van der Waals surface area contributed by atoms with Crippen LogP contribution in [0.4, 0.5) is 5.69 Å². The predicted octanol–water partition coefficient (Wildman–Crippen LogP) is 2.23. The lowest BCUT2D eigenvalue weighted by Gasteiger charge is -2.32. The van der Waals surface area contributed by atoms with Gasteiger partial charge in [0.25, 0.3) is 0 Å². The Hall–Kier alpha value is -1.26. The number of hydrogen-bond acceptors (Lipinski definition) is 2. The Morgan fingerprint density at radius 1 is 1.28 bits per heavy atom. The molecule has 1 atom stereocenters. The summed E-state index contributed by atoms with van der Waals surface area (Å²) < 4.78 is 0. The number of carbonyl (C=O) groups excluding carboxylic acids is 2. The van der Waals surface area contributed by atoms with Crippen molar-refractivity contribution in [2.45, 2.75) is 19.4 Å². The van der Waals surface area contributed by atoms with Gasteiger partial charge in [0.15, 0.2) is 0 Å². The molecule has 1 aromatic rings. The van der Waals surface area contributed by atoms with Crippen molar-refractivity contribution < 1.29 is 9.59 Å². The largest absolute Gasteiger partial charge is 0.343 e. The first-order valence-electron chi connectivity index (χ1n) is 5.58. The average Bonchev–Trinajstić information content (AvgIpc) is 2.30. The maximum atomic E-state index is 12.2. The quantitative estimate of drug-likeness (QED) is 0.906. The molecule has 1 aliphatic rings. The van der Waals surface area contributed by atoms with Crippen LogP contribution in [0.3, 0.4) is 0 Å². The number of benzene rings is 1. The molecule has 0 radical (unpaired) electrons. The molecule has 18 heavy (non-hydrogen) atoms. The summed E-state index contributed by atoms with van der Waals surface area (Å²) in [5.41, 5.74) is 0.547. The topological polar surface area (TPSA) is 49.4 Å². The minimum atomic E-state index is -0.482. The molecule has 1 aromatic carbocycles. The summed E-state index contributed by atoms with van der Waals surface area (Å²) in [6.45, 7) is 1.84. The molecule has 1 N–H and O–H groups in total. The highest BCUT2D eigenvalue weighted by Gasteiger charge is 2.32. The summed E-state index contributed by atoms with van der Waals surface area (Å²) in [6, 6.07) is 4.34. The van der Waals surface area contributed by atoms with Crippen LogP contribution in [0.5, 0.6) is 0 Å². The van der Waals surface area contributed by atoms with Gasteiger partial charge in [-0.1, -0.05) is 30.1 Å². The number of carbonyl (C=O) groups is 2. The van der Waals surface area contributed by atoms with Gasteiger partial charge in [-0.15, -0.1) is 0 Å². The highest BCUT2D eigenvalue weighted by molar-refractivity contribution is 6.35. The van der Waals surface area contributed by atoms with E-state index in [1.165, 1.54) is 4.90 Å². The van der Waals surface area contributed by atoms with Crippen LogP contribution in [0, 0.1) is 0 Å². The molecule has 0 aliphatic carbocycles. The van der Waals surface area contributed by atoms with E-state index >= 15 is 0 Å². The van der Waals surface area contributed by atoms with Crippen LogP contribution in [0.1, 0.15) is 13.3 Å². The lowest BCUT2D eigenvalue weighted by Crippen LogP contribution is -2.58. The molecule has 0 aromatic heterocycles. The van der Waals surface area contributed by atoms with Gasteiger partial charge >= 0.3 is 0 Å². The average molecular weight is 287 g/mol. The van der Waals surface area contributed by atoms with E-state index in [1.807, 2.05) is 6.92 Å². The third kappa shape index (κ3) is 2.60. The first-order chi connectivity index (χ1) is 8.51. The van der Waals surface area contributed by atoms with Crippen LogP contribution in [0.25, 0.3) is 0 Å². The van der Waals surface area contributed by atoms with Crippen LogP contribution >= 0.6 is 23.2 Å². The summed E-state index contributed by atoms with van der Waals surface area (Å²) in [7, 11) is 0. The monoisotopic (exact) mass is 286 g/mol. The van der Waals surface area contributed by atoms with Crippen molar-refractivity contribution >= 4 is 40.7 Å². The van der Waals surface area contributed by atoms with E-state index < -0.39 is 6.04 Å². The standard InChI is InChI=1S/C12H12Cl2N2O2/c1-2-10-12(18)16(6-11(17)15-10)9-4-7(13)3-8(14)5-9/h3-5,10H,2,6H2,1H3,(H,15,17). The van der Waals surface area contributed by atoms with Gasteiger partial charge in [-0.05, 0) is 24.6 Å². The summed E-state index contributed by atoms with van der Waals surface area (Å²) >= 11 is 11.8. The van der Waals surface area contributed by atoms with Gasteiger partial charge in [-0.2, -0.15) is 0 Å². The van der Waals surface area contributed by atoms with Gasteiger partial charge in [0.2, 0.25) is 11.8 Å². The molecule has 4 nitrogen and oxygen atoms in total. The molecule has 1 heterocycles. The Morgan fingerprint density at radius 2 is 1.89 bits per heavy atom. The fraction of sp³-hybridized carbons (Fsp3) is 0.333. The van der Waals surface area contributed by atoms with E-state index in [0.717, 1.165) is 0 Å². The highest BCUT2D eigenvalue weighted by atomic mass is 35.5. The lowest BCUT2D eigenvalue weighted by atomic mass is 10.1. The molecule has 2 amide bonds. The van der Waals surface area contributed by atoms with Crippen LogP contribution < -0.4 is 10.2 Å². The molecule has 6 heteroatoms. The predicted molar refractivity (Wildman–Crippen MR) is 71.0 cm³/mol. The van der Waals surface area contributed by atoms with Gasteiger partial charge in [0.05, 0.1) is 0 Å². The second-order valence-electron chi connectivity index (χ2n) is 4.08. The minimum absolute atomic E-state index is 0.00793. The Morgan fingerprint density at radius 3 is 2.44 bits per heavy atom. The number of hydrogen-bond donors (Lipinski definition) is 1. The fourth-order valence-corrected chi connectivity index (χ4v) is 2.42. The molecule has 1 fully saturated rings. The van der Waals surface area contributed by atoms with E-state index in [9.17, 15) is 9.59 Å². The van der Waals surface area contributed by atoms with Crippen molar-refractivity contribution in [3.05, 3.63) is 28.2 Å². The molecule has 1 aliphatic heterocycles. The third-order valence-corrected chi connectivity index (χ3v) is 3.20. The number of piperazine rings is 1.